The Hall–Kier alpha value is -2.15. The number of nitrogens with zero attached hydrogens (tertiary/aromatic N) is 3. The van der Waals surface area contributed by atoms with Crippen molar-refractivity contribution in [1.82, 2.24) is 14.6 Å². The van der Waals surface area contributed by atoms with Crippen LogP contribution in [0.15, 0.2) is 36.8 Å². The maximum Gasteiger partial charge on any atom is 0.139 e. The van der Waals surface area contributed by atoms with Crippen molar-refractivity contribution in [2.24, 2.45) is 5.73 Å². The number of benzene rings is 1. The van der Waals surface area contributed by atoms with Crippen molar-refractivity contribution in [1.29, 1.82) is 0 Å². The molecular weight excluding hydrogens is 328 g/mol. The monoisotopic (exact) mass is 348 g/mol. The van der Waals surface area contributed by atoms with Crippen molar-refractivity contribution in [3.05, 3.63) is 47.9 Å². The number of aryl methyl sites for hydroxylation is 1. The van der Waals surface area contributed by atoms with E-state index in [0.29, 0.717) is 19.8 Å². The van der Waals surface area contributed by atoms with Crippen LogP contribution in [0.25, 0.3) is 16.8 Å². The van der Waals surface area contributed by atoms with Crippen molar-refractivity contribution in [3.8, 4) is 17.0 Å². The van der Waals surface area contributed by atoms with Crippen molar-refractivity contribution >= 4 is 17.9 Å². The maximum atomic E-state index is 5.73. The van der Waals surface area contributed by atoms with E-state index in [2.05, 4.69) is 23.1 Å². The van der Waals surface area contributed by atoms with Gasteiger partial charge in [0.1, 0.15) is 18.7 Å². The highest BCUT2D eigenvalue weighted by Gasteiger charge is 2.10. The third kappa shape index (κ3) is 3.67. The van der Waals surface area contributed by atoms with Gasteiger partial charge in [-0.15, -0.1) is 12.4 Å². The number of ether oxygens (including phenoxy) is 2. The van der Waals surface area contributed by atoms with Crippen LogP contribution in [0.5, 0.6) is 5.75 Å². The molecule has 0 saturated carbocycles. The molecule has 0 aliphatic rings. The zero-order valence-corrected chi connectivity index (χ0v) is 14.5. The number of methoxy groups -OCH3 is 1. The summed E-state index contributed by atoms with van der Waals surface area (Å²) in [5.41, 5.74) is 10.8. The van der Waals surface area contributed by atoms with E-state index in [4.69, 9.17) is 15.2 Å². The topological polar surface area (TPSA) is 74.7 Å². The Kier molecular flexibility index (Phi) is 6.14. The van der Waals surface area contributed by atoms with Crippen LogP contribution in [-0.2, 0) is 11.3 Å². The highest BCUT2D eigenvalue weighted by molar-refractivity contribution is 5.85. The van der Waals surface area contributed by atoms with E-state index in [9.17, 15) is 0 Å². The van der Waals surface area contributed by atoms with Gasteiger partial charge >= 0.3 is 0 Å². The minimum absolute atomic E-state index is 0. The third-order valence-electron chi connectivity index (χ3n) is 3.77. The van der Waals surface area contributed by atoms with Gasteiger partial charge in [0, 0.05) is 25.3 Å². The van der Waals surface area contributed by atoms with Crippen LogP contribution < -0.4 is 10.5 Å². The summed E-state index contributed by atoms with van der Waals surface area (Å²) in [5.74, 6) is 0.749. The maximum absolute atomic E-state index is 5.73. The molecule has 2 N–H and O–H groups in total. The van der Waals surface area contributed by atoms with Crippen molar-refractivity contribution in [3.63, 3.8) is 0 Å². The first-order valence-electron chi connectivity index (χ1n) is 7.48. The van der Waals surface area contributed by atoms with E-state index in [-0.39, 0.29) is 12.4 Å². The fourth-order valence-corrected chi connectivity index (χ4v) is 2.52. The minimum Gasteiger partial charge on any atom is -0.489 e. The smallest absolute Gasteiger partial charge is 0.139 e. The van der Waals surface area contributed by atoms with Crippen LogP contribution in [0.3, 0.4) is 0 Å². The zero-order chi connectivity index (χ0) is 16.2. The number of hydrogen-bond acceptors (Lipinski definition) is 5. The highest BCUT2D eigenvalue weighted by Crippen LogP contribution is 2.27. The number of nitrogens with two attached hydrogens (primary N) is 1. The molecule has 0 fully saturated rings. The van der Waals surface area contributed by atoms with Crippen LogP contribution in [-0.4, -0.2) is 34.9 Å². The first-order chi connectivity index (χ1) is 11.2. The van der Waals surface area contributed by atoms with Crippen LogP contribution in [0.1, 0.15) is 11.1 Å². The Morgan fingerprint density at radius 2 is 2.04 bits per heavy atom. The van der Waals surface area contributed by atoms with Gasteiger partial charge in [-0.1, -0.05) is 12.1 Å². The summed E-state index contributed by atoms with van der Waals surface area (Å²) in [5, 5.41) is 4.25. The summed E-state index contributed by atoms with van der Waals surface area (Å²) in [6, 6.07) is 8.12. The quantitative estimate of drug-likeness (QED) is 0.693. The van der Waals surface area contributed by atoms with Crippen molar-refractivity contribution in [2.75, 3.05) is 20.3 Å². The molecule has 0 spiro atoms. The highest BCUT2D eigenvalue weighted by atomic mass is 35.5. The molecule has 3 aromatic rings. The lowest BCUT2D eigenvalue weighted by Crippen LogP contribution is -2.03. The molecule has 0 saturated heterocycles. The van der Waals surface area contributed by atoms with Crippen LogP contribution in [0, 0.1) is 6.92 Å². The summed E-state index contributed by atoms with van der Waals surface area (Å²) >= 11 is 0. The lowest BCUT2D eigenvalue weighted by Gasteiger charge is -2.07. The van der Waals surface area contributed by atoms with Gasteiger partial charge in [-0.2, -0.15) is 5.10 Å². The second-order valence-electron chi connectivity index (χ2n) is 5.30. The molecule has 0 bridgehead atoms. The molecule has 1 aromatic carbocycles. The summed E-state index contributed by atoms with van der Waals surface area (Å²) in [7, 11) is 1.65. The fraction of sp³-hybridized carbons (Fsp3) is 0.294. The molecule has 0 unspecified atom stereocenters. The van der Waals surface area contributed by atoms with Crippen molar-refractivity contribution < 1.29 is 9.47 Å². The fourth-order valence-electron chi connectivity index (χ4n) is 2.52. The Labute approximate surface area is 147 Å². The lowest BCUT2D eigenvalue weighted by molar-refractivity contribution is 0.146. The Bertz CT molecular complexity index is 819. The van der Waals surface area contributed by atoms with E-state index in [1.54, 1.807) is 18.0 Å². The molecule has 7 heteroatoms. The molecule has 128 valence electrons. The lowest BCUT2D eigenvalue weighted by atomic mass is 10.0. The van der Waals surface area contributed by atoms with E-state index < -0.39 is 0 Å². The Morgan fingerprint density at radius 1 is 1.21 bits per heavy atom. The van der Waals surface area contributed by atoms with E-state index in [1.165, 1.54) is 0 Å². The van der Waals surface area contributed by atoms with E-state index in [1.807, 2.05) is 24.4 Å². The molecular formula is C17H21ClN4O2. The third-order valence-corrected chi connectivity index (χ3v) is 3.77. The molecule has 2 heterocycles. The van der Waals surface area contributed by atoms with Crippen molar-refractivity contribution in [2.45, 2.75) is 13.5 Å². The predicted octanol–water partition coefficient (Wildman–Crippen LogP) is 2.61. The predicted molar refractivity (Wildman–Crippen MR) is 95.7 cm³/mol. The first kappa shape index (κ1) is 18.2. The second-order valence-corrected chi connectivity index (χ2v) is 5.30. The summed E-state index contributed by atoms with van der Waals surface area (Å²) in [4.78, 5) is 4.44. The number of fused-ring (bicyclic) bond motifs is 1. The van der Waals surface area contributed by atoms with Gasteiger partial charge in [-0.3, -0.25) is 0 Å². The second kappa shape index (κ2) is 8.10. The number of hydrogen-bond donors (Lipinski definition) is 1. The minimum atomic E-state index is 0. The molecule has 0 aliphatic heterocycles. The molecule has 2 aromatic heterocycles. The number of rotatable bonds is 6. The molecule has 0 radical (unpaired) electrons. The number of halogens is 1. The standard InChI is InChI=1S/C17H20N4O2.ClH/c1-12-7-13(3-4-14(12)9-18)17-16-8-15(23-6-5-22-2)10-21(16)20-11-19-17;/h3-4,7-8,10-11H,5-6,9,18H2,1-2H3;1H. The molecule has 6 nitrogen and oxygen atoms in total. The largest absolute Gasteiger partial charge is 0.489 e. The SMILES string of the molecule is COCCOc1cc2c(-c3ccc(CN)c(C)c3)ncnn2c1.Cl. The average molecular weight is 349 g/mol. The average Bonchev–Trinajstić information content (AvgIpc) is 2.97. The first-order valence-corrected chi connectivity index (χ1v) is 7.48. The Morgan fingerprint density at radius 3 is 2.75 bits per heavy atom. The van der Waals surface area contributed by atoms with E-state index >= 15 is 0 Å². The molecule has 0 aliphatic carbocycles. The molecule has 0 atom stereocenters. The van der Waals surface area contributed by atoms with Gasteiger partial charge in [-0.05, 0) is 24.1 Å². The van der Waals surface area contributed by atoms with Gasteiger partial charge in [0.05, 0.1) is 24.0 Å². The van der Waals surface area contributed by atoms with Gasteiger partial charge in [-0.25, -0.2) is 9.50 Å². The number of aromatic nitrogens is 3. The Balaban J connectivity index is 0.00000208. The molecule has 24 heavy (non-hydrogen) atoms. The van der Waals surface area contributed by atoms with Crippen LogP contribution in [0.2, 0.25) is 0 Å². The normalized spacial score (nSPS) is 10.6. The van der Waals surface area contributed by atoms with Gasteiger partial charge in [0.15, 0.2) is 0 Å². The molecule has 0 amide bonds. The summed E-state index contributed by atoms with van der Waals surface area (Å²) in [6.07, 6.45) is 3.39. The van der Waals surface area contributed by atoms with E-state index in [0.717, 1.165) is 33.7 Å². The molecule has 3 rings (SSSR count). The zero-order valence-electron chi connectivity index (χ0n) is 13.7. The van der Waals surface area contributed by atoms with Crippen LogP contribution in [0.4, 0.5) is 0 Å². The van der Waals surface area contributed by atoms with Gasteiger partial charge in [0.2, 0.25) is 0 Å². The van der Waals surface area contributed by atoms with Crippen LogP contribution >= 0.6 is 12.4 Å². The summed E-state index contributed by atoms with van der Waals surface area (Å²) in [6.45, 7) is 3.64. The van der Waals surface area contributed by atoms with Gasteiger partial charge < -0.3 is 15.2 Å². The van der Waals surface area contributed by atoms with Gasteiger partial charge in [0.25, 0.3) is 0 Å². The summed E-state index contributed by atoms with van der Waals surface area (Å²) < 4.78 is 12.4.